The first-order chi connectivity index (χ1) is 7.65. The molecule has 0 spiro atoms. The SMILES string of the molecule is CNCC(=O)c1cc2c(c(Br)c1C)OCO2. The predicted molar refractivity (Wildman–Crippen MR) is 63.3 cm³/mol. The van der Waals surface area contributed by atoms with Crippen LogP contribution in [-0.2, 0) is 0 Å². The number of hydrogen-bond acceptors (Lipinski definition) is 4. The van der Waals surface area contributed by atoms with E-state index in [4.69, 9.17) is 9.47 Å². The molecule has 0 bridgehead atoms. The molecule has 1 N–H and O–H groups in total. The van der Waals surface area contributed by atoms with Gasteiger partial charge in [-0.15, -0.1) is 0 Å². The lowest BCUT2D eigenvalue weighted by Crippen LogP contribution is -2.19. The minimum atomic E-state index is 0.0407. The molecule has 16 heavy (non-hydrogen) atoms. The molecule has 0 aromatic heterocycles. The number of fused-ring (bicyclic) bond motifs is 1. The maximum atomic E-state index is 11.8. The molecule has 0 unspecified atom stereocenters. The lowest BCUT2D eigenvalue weighted by Gasteiger charge is -2.09. The maximum absolute atomic E-state index is 11.8. The van der Waals surface area contributed by atoms with E-state index in [9.17, 15) is 4.79 Å². The van der Waals surface area contributed by atoms with Crippen molar-refractivity contribution < 1.29 is 14.3 Å². The molecular formula is C11H12BrNO3. The molecule has 1 heterocycles. The number of halogens is 1. The van der Waals surface area contributed by atoms with Gasteiger partial charge in [-0.2, -0.15) is 0 Å². The fourth-order valence-electron chi connectivity index (χ4n) is 1.64. The quantitative estimate of drug-likeness (QED) is 0.862. The summed E-state index contributed by atoms with van der Waals surface area (Å²) in [4.78, 5) is 11.8. The van der Waals surface area contributed by atoms with Gasteiger partial charge in [-0.3, -0.25) is 4.79 Å². The van der Waals surface area contributed by atoms with E-state index < -0.39 is 0 Å². The average molecular weight is 286 g/mol. The second-order valence-corrected chi connectivity index (χ2v) is 4.34. The van der Waals surface area contributed by atoms with E-state index in [1.807, 2.05) is 6.92 Å². The minimum Gasteiger partial charge on any atom is -0.454 e. The lowest BCUT2D eigenvalue weighted by atomic mass is 10.0. The van der Waals surface area contributed by atoms with E-state index in [1.165, 1.54) is 0 Å². The summed E-state index contributed by atoms with van der Waals surface area (Å²) in [7, 11) is 1.75. The van der Waals surface area contributed by atoms with Crippen molar-refractivity contribution in [3.63, 3.8) is 0 Å². The maximum Gasteiger partial charge on any atom is 0.231 e. The molecule has 5 heteroatoms. The number of benzene rings is 1. The van der Waals surface area contributed by atoms with Crippen LogP contribution >= 0.6 is 15.9 Å². The molecule has 2 rings (SSSR count). The monoisotopic (exact) mass is 285 g/mol. The molecule has 1 aliphatic rings. The van der Waals surface area contributed by atoms with Crippen molar-refractivity contribution in [1.82, 2.24) is 5.32 Å². The number of Topliss-reactive ketones (excluding diaryl/α,β-unsaturated/α-hetero) is 1. The number of carbonyl (C=O) groups is 1. The molecule has 0 saturated heterocycles. The molecule has 1 aliphatic heterocycles. The summed E-state index contributed by atoms with van der Waals surface area (Å²) in [6.07, 6.45) is 0. The molecule has 1 aromatic rings. The van der Waals surface area contributed by atoms with E-state index in [2.05, 4.69) is 21.2 Å². The first kappa shape index (κ1) is 11.4. The molecule has 4 nitrogen and oxygen atoms in total. The van der Waals surface area contributed by atoms with Gasteiger partial charge in [0, 0.05) is 5.56 Å². The fraction of sp³-hybridized carbons (Fsp3) is 0.364. The van der Waals surface area contributed by atoms with Crippen LogP contribution in [0.25, 0.3) is 0 Å². The van der Waals surface area contributed by atoms with Crippen LogP contribution in [0.5, 0.6) is 11.5 Å². The Hall–Kier alpha value is -1.07. The first-order valence-corrected chi connectivity index (χ1v) is 5.71. The smallest absolute Gasteiger partial charge is 0.231 e. The second-order valence-electron chi connectivity index (χ2n) is 3.55. The molecule has 0 aliphatic carbocycles. The summed E-state index contributed by atoms with van der Waals surface area (Å²) in [5, 5.41) is 2.84. The van der Waals surface area contributed by atoms with Crippen LogP contribution in [0.1, 0.15) is 15.9 Å². The second kappa shape index (κ2) is 4.43. The fourth-order valence-corrected chi connectivity index (χ4v) is 2.16. The summed E-state index contributed by atoms with van der Waals surface area (Å²) in [5.41, 5.74) is 1.54. The zero-order valence-corrected chi connectivity index (χ0v) is 10.7. The van der Waals surface area contributed by atoms with E-state index >= 15 is 0 Å². The number of hydrogen-bond donors (Lipinski definition) is 1. The third kappa shape index (κ3) is 1.81. The normalized spacial score (nSPS) is 12.9. The summed E-state index contributed by atoms with van der Waals surface area (Å²) in [6.45, 7) is 2.40. The summed E-state index contributed by atoms with van der Waals surface area (Å²) in [5.74, 6) is 1.34. The summed E-state index contributed by atoms with van der Waals surface area (Å²) in [6, 6.07) is 1.74. The van der Waals surface area contributed by atoms with Crippen LogP contribution in [0, 0.1) is 6.92 Å². The van der Waals surface area contributed by atoms with Gasteiger partial charge in [0.05, 0.1) is 11.0 Å². The third-order valence-corrected chi connectivity index (χ3v) is 3.44. The lowest BCUT2D eigenvalue weighted by molar-refractivity contribution is 0.0992. The Balaban J connectivity index is 2.47. The zero-order chi connectivity index (χ0) is 11.7. The van der Waals surface area contributed by atoms with Gasteiger partial charge in [0.15, 0.2) is 17.3 Å². The molecule has 0 amide bonds. The Bertz CT molecular complexity index is 445. The largest absolute Gasteiger partial charge is 0.454 e. The zero-order valence-electron chi connectivity index (χ0n) is 9.09. The predicted octanol–water partition coefficient (Wildman–Crippen LogP) is 1.89. The Morgan fingerprint density at radius 2 is 2.31 bits per heavy atom. The van der Waals surface area contributed by atoms with Crippen molar-refractivity contribution in [2.75, 3.05) is 20.4 Å². The van der Waals surface area contributed by atoms with Crippen LogP contribution in [0.4, 0.5) is 0 Å². The Morgan fingerprint density at radius 3 is 3.00 bits per heavy atom. The molecule has 0 saturated carbocycles. The van der Waals surface area contributed by atoms with E-state index in [1.54, 1.807) is 13.1 Å². The number of ether oxygens (including phenoxy) is 2. The van der Waals surface area contributed by atoms with Crippen molar-refractivity contribution in [3.8, 4) is 11.5 Å². The van der Waals surface area contributed by atoms with Gasteiger partial charge >= 0.3 is 0 Å². The van der Waals surface area contributed by atoms with Crippen LogP contribution in [0.2, 0.25) is 0 Å². The molecule has 86 valence electrons. The highest BCUT2D eigenvalue weighted by atomic mass is 79.9. The van der Waals surface area contributed by atoms with Crippen molar-refractivity contribution in [2.24, 2.45) is 0 Å². The number of likely N-dealkylation sites (N-methyl/N-ethyl adjacent to an activating group) is 1. The number of carbonyl (C=O) groups excluding carboxylic acids is 1. The van der Waals surface area contributed by atoms with E-state index in [0.717, 1.165) is 10.0 Å². The molecule has 1 aromatic carbocycles. The summed E-state index contributed by atoms with van der Waals surface area (Å²) >= 11 is 3.42. The van der Waals surface area contributed by atoms with Crippen molar-refractivity contribution in [3.05, 3.63) is 21.7 Å². The Morgan fingerprint density at radius 1 is 1.56 bits per heavy atom. The third-order valence-electron chi connectivity index (χ3n) is 2.49. The van der Waals surface area contributed by atoms with Gasteiger partial charge in [0.25, 0.3) is 0 Å². The van der Waals surface area contributed by atoms with Crippen LogP contribution in [0.15, 0.2) is 10.5 Å². The van der Waals surface area contributed by atoms with Gasteiger partial charge in [0.1, 0.15) is 0 Å². The number of ketones is 1. The highest BCUT2D eigenvalue weighted by molar-refractivity contribution is 9.10. The minimum absolute atomic E-state index is 0.0407. The molecule has 0 radical (unpaired) electrons. The van der Waals surface area contributed by atoms with Crippen LogP contribution in [-0.4, -0.2) is 26.2 Å². The van der Waals surface area contributed by atoms with Crippen molar-refractivity contribution >= 4 is 21.7 Å². The van der Waals surface area contributed by atoms with Crippen LogP contribution < -0.4 is 14.8 Å². The molecule has 0 fully saturated rings. The first-order valence-electron chi connectivity index (χ1n) is 4.91. The van der Waals surface area contributed by atoms with Crippen LogP contribution in [0.3, 0.4) is 0 Å². The highest BCUT2D eigenvalue weighted by Crippen LogP contribution is 2.42. The van der Waals surface area contributed by atoms with Gasteiger partial charge in [-0.05, 0) is 41.5 Å². The number of nitrogens with one attached hydrogen (secondary N) is 1. The Kier molecular flexibility index (Phi) is 3.16. The molecular weight excluding hydrogens is 274 g/mol. The van der Waals surface area contributed by atoms with Crippen molar-refractivity contribution in [1.29, 1.82) is 0 Å². The van der Waals surface area contributed by atoms with Crippen molar-refractivity contribution in [2.45, 2.75) is 6.92 Å². The Labute approximate surface area is 102 Å². The highest BCUT2D eigenvalue weighted by Gasteiger charge is 2.23. The molecule has 0 atom stereocenters. The standard InChI is InChI=1S/C11H12BrNO3/c1-6-7(8(14)4-13-2)3-9-11(10(6)12)16-5-15-9/h3,13H,4-5H2,1-2H3. The van der Waals surface area contributed by atoms with Gasteiger partial charge in [-0.25, -0.2) is 0 Å². The van der Waals surface area contributed by atoms with E-state index in [-0.39, 0.29) is 12.6 Å². The van der Waals surface area contributed by atoms with Gasteiger partial charge < -0.3 is 14.8 Å². The summed E-state index contributed by atoms with van der Waals surface area (Å²) < 4.78 is 11.4. The number of rotatable bonds is 3. The topological polar surface area (TPSA) is 47.6 Å². The van der Waals surface area contributed by atoms with Gasteiger partial charge in [-0.1, -0.05) is 0 Å². The average Bonchev–Trinajstić information content (AvgIpc) is 2.71. The van der Waals surface area contributed by atoms with Gasteiger partial charge in [0.2, 0.25) is 6.79 Å². The van der Waals surface area contributed by atoms with E-state index in [0.29, 0.717) is 23.6 Å².